The number of piperidine rings is 1. The van der Waals surface area contributed by atoms with Gasteiger partial charge in [0.1, 0.15) is 0 Å². The number of benzene rings is 1. The molecule has 32 heavy (non-hydrogen) atoms. The molecule has 3 N–H and O–H groups in total. The van der Waals surface area contributed by atoms with Crippen LogP contribution in [-0.4, -0.2) is 62.8 Å². The first-order chi connectivity index (χ1) is 15.4. The number of hydrogen-bond donors (Lipinski definition) is 3. The fourth-order valence-electron chi connectivity index (χ4n) is 3.92. The van der Waals surface area contributed by atoms with Gasteiger partial charge in [0.05, 0.1) is 11.9 Å². The maximum Gasteiger partial charge on any atom is 0.319 e. The monoisotopic (exact) mass is 466 g/mol. The summed E-state index contributed by atoms with van der Waals surface area (Å²) >= 11 is 0. The third-order valence-corrected chi connectivity index (χ3v) is 7.86. The molecule has 178 valence electrons. The minimum Gasteiger partial charge on any atom is -0.376 e. The summed E-state index contributed by atoms with van der Waals surface area (Å²) in [5.74, 6) is -0.146. The highest BCUT2D eigenvalue weighted by Crippen LogP contribution is 2.23. The molecule has 0 bridgehead atoms. The van der Waals surface area contributed by atoms with Crippen LogP contribution in [0.2, 0.25) is 0 Å². The summed E-state index contributed by atoms with van der Waals surface area (Å²) in [6.45, 7) is 3.97. The zero-order valence-corrected chi connectivity index (χ0v) is 19.5. The van der Waals surface area contributed by atoms with E-state index < -0.39 is 10.0 Å². The van der Waals surface area contributed by atoms with E-state index in [-0.39, 0.29) is 29.7 Å². The Morgan fingerprint density at radius 1 is 1.06 bits per heavy atom. The number of urea groups is 1. The molecule has 2 aliphatic rings. The standard InChI is InChI=1S/C22H34N4O5S/c1-2-3-15-32(29,30)26-12-10-17(11-13-26)21(27)24-18-6-8-19(9-7-18)25-22(28)23-16-20-5-4-14-31-20/h6-9,17,20H,2-5,10-16H2,1H3,(H,24,27)(H2,23,25,28). The van der Waals surface area contributed by atoms with Gasteiger partial charge in [-0.1, -0.05) is 13.3 Å². The van der Waals surface area contributed by atoms with Gasteiger partial charge in [-0.05, 0) is 56.4 Å². The molecule has 2 saturated heterocycles. The van der Waals surface area contributed by atoms with E-state index in [4.69, 9.17) is 4.74 Å². The predicted molar refractivity (Wildman–Crippen MR) is 124 cm³/mol. The molecule has 0 aromatic heterocycles. The molecule has 10 heteroatoms. The van der Waals surface area contributed by atoms with E-state index in [1.165, 1.54) is 4.31 Å². The van der Waals surface area contributed by atoms with Crippen LogP contribution in [0.1, 0.15) is 45.4 Å². The molecule has 0 aliphatic carbocycles. The molecule has 0 saturated carbocycles. The fraction of sp³-hybridized carbons (Fsp3) is 0.636. The fourth-order valence-corrected chi connectivity index (χ4v) is 5.60. The molecule has 1 atom stereocenters. The average molecular weight is 467 g/mol. The molecular weight excluding hydrogens is 432 g/mol. The lowest BCUT2D eigenvalue weighted by Gasteiger charge is -2.30. The van der Waals surface area contributed by atoms with Crippen molar-refractivity contribution in [2.24, 2.45) is 5.92 Å². The molecular formula is C22H34N4O5S. The molecule has 9 nitrogen and oxygen atoms in total. The maximum absolute atomic E-state index is 12.6. The van der Waals surface area contributed by atoms with Gasteiger partial charge in [0, 0.05) is 43.5 Å². The number of ether oxygens (including phenoxy) is 1. The predicted octanol–water partition coefficient (Wildman–Crippen LogP) is 2.77. The van der Waals surface area contributed by atoms with Crippen LogP contribution in [-0.2, 0) is 19.6 Å². The lowest BCUT2D eigenvalue weighted by Crippen LogP contribution is -2.42. The molecule has 1 unspecified atom stereocenters. The van der Waals surface area contributed by atoms with E-state index in [0.717, 1.165) is 25.9 Å². The average Bonchev–Trinajstić information content (AvgIpc) is 3.31. The van der Waals surface area contributed by atoms with Crippen molar-refractivity contribution < 1.29 is 22.7 Å². The minimum atomic E-state index is -3.22. The summed E-state index contributed by atoms with van der Waals surface area (Å²) < 4.78 is 31.6. The Hall–Kier alpha value is -2.17. The van der Waals surface area contributed by atoms with E-state index in [1.807, 2.05) is 6.92 Å². The van der Waals surface area contributed by atoms with Crippen molar-refractivity contribution in [3.8, 4) is 0 Å². The van der Waals surface area contributed by atoms with Crippen LogP contribution in [0.15, 0.2) is 24.3 Å². The molecule has 1 aromatic rings. The van der Waals surface area contributed by atoms with Crippen molar-refractivity contribution in [2.75, 3.05) is 42.6 Å². The number of nitrogens with zero attached hydrogens (tertiary/aromatic N) is 1. The second kappa shape index (κ2) is 11.6. The van der Waals surface area contributed by atoms with Gasteiger partial charge in [-0.2, -0.15) is 0 Å². The Morgan fingerprint density at radius 3 is 2.31 bits per heavy atom. The van der Waals surface area contributed by atoms with Gasteiger partial charge < -0.3 is 20.7 Å². The zero-order valence-electron chi connectivity index (χ0n) is 18.6. The normalized spacial score (nSPS) is 20.1. The number of anilines is 2. The van der Waals surface area contributed by atoms with Crippen molar-refractivity contribution in [3.05, 3.63) is 24.3 Å². The number of amides is 3. The number of nitrogens with one attached hydrogen (secondary N) is 3. The summed E-state index contributed by atoms with van der Waals surface area (Å²) in [6, 6.07) is 6.63. The summed E-state index contributed by atoms with van der Waals surface area (Å²) in [6.07, 6.45) is 4.60. The van der Waals surface area contributed by atoms with E-state index >= 15 is 0 Å². The van der Waals surface area contributed by atoms with Crippen LogP contribution in [0, 0.1) is 5.92 Å². The number of unbranched alkanes of at least 4 members (excludes halogenated alkanes) is 1. The molecule has 2 fully saturated rings. The Labute approximate surface area is 190 Å². The van der Waals surface area contributed by atoms with Gasteiger partial charge in [-0.3, -0.25) is 4.79 Å². The van der Waals surface area contributed by atoms with Crippen molar-refractivity contribution in [2.45, 2.75) is 51.6 Å². The Kier molecular flexibility index (Phi) is 8.89. The van der Waals surface area contributed by atoms with E-state index in [1.54, 1.807) is 24.3 Å². The first kappa shape index (κ1) is 24.5. The van der Waals surface area contributed by atoms with Crippen molar-refractivity contribution >= 4 is 33.3 Å². The van der Waals surface area contributed by atoms with Gasteiger partial charge in [-0.15, -0.1) is 0 Å². The molecule has 0 spiro atoms. The summed E-state index contributed by atoms with van der Waals surface area (Å²) in [4.78, 5) is 24.6. The Balaban J connectivity index is 1.41. The van der Waals surface area contributed by atoms with Crippen molar-refractivity contribution in [1.29, 1.82) is 0 Å². The molecule has 3 amide bonds. The topological polar surface area (TPSA) is 117 Å². The van der Waals surface area contributed by atoms with Crippen LogP contribution >= 0.6 is 0 Å². The third kappa shape index (κ3) is 7.18. The first-order valence-electron chi connectivity index (χ1n) is 11.4. The van der Waals surface area contributed by atoms with Crippen molar-refractivity contribution in [1.82, 2.24) is 9.62 Å². The summed E-state index contributed by atoms with van der Waals surface area (Å²) in [5.41, 5.74) is 1.26. The quantitative estimate of drug-likeness (QED) is 0.517. The number of carbonyl (C=O) groups is 2. The molecule has 3 rings (SSSR count). The number of sulfonamides is 1. The maximum atomic E-state index is 12.6. The molecule has 1 aromatic carbocycles. The second-order valence-electron chi connectivity index (χ2n) is 8.38. The molecule has 2 heterocycles. The summed E-state index contributed by atoms with van der Waals surface area (Å²) in [5, 5.41) is 8.45. The minimum absolute atomic E-state index is 0.0849. The van der Waals surface area contributed by atoms with Crippen LogP contribution in [0.4, 0.5) is 16.2 Å². The Morgan fingerprint density at radius 2 is 1.72 bits per heavy atom. The van der Waals surface area contributed by atoms with Gasteiger partial charge in [0.25, 0.3) is 0 Å². The van der Waals surface area contributed by atoms with E-state index in [9.17, 15) is 18.0 Å². The second-order valence-corrected chi connectivity index (χ2v) is 10.5. The van der Waals surface area contributed by atoms with Gasteiger partial charge in [-0.25, -0.2) is 17.5 Å². The number of rotatable bonds is 9. The molecule has 2 aliphatic heterocycles. The van der Waals surface area contributed by atoms with Gasteiger partial charge in [0.15, 0.2) is 0 Å². The van der Waals surface area contributed by atoms with Gasteiger partial charge >= 0.3 is 6.03 Å². The number of carbonyl (C=O) groups excluding carboxylic acids is 2. The Bertz CT molecular complexity index is 861. The van der Waals surface area contributed by atoms with E-state index in [0.29, 0.717) is 50.3 Å². The van der Waals surface area contributed by atoms with Crippen molar-refractivity contribution in [3.63, 3.8) is 0 Å². The lowest BCUT2D eigenvalue weighted by molar-refractivity contribution is -0.120. The highest BCUT2D eigenvalue weighted by atomic mass is 32.2. The summed E-state index contributed by atoms with van der Waals surface area (Å²) in [7, 11) is -3.22. The molecule has 0 radical (unpaired) electrons. The zero-order chi connectivity index (χ0) is 23.0. The van der Waals surface area contributed by atoms with Crippen LogP contribution < -0.4 is 16.0 Å². The van der Waals surface area contributed by atoms with E-state index in [2.05, 4.69) is 16.0 Å². The van der Waals surface area contributed by atoms with Crippen LogP contribution in [0.25, 0.3) is 0 Å². The SMILES string of the molecule is CCCCS(=O)(=O)N1CCC(C(=O)Nc2ccc(NC(=O)NCC3CCCO3)cc2)CC1. The largest absolute Gasteiger partial charge is 0.376 e. The first-order valence-corrected chi connectivity index (χ1v) is 13.0. The van der Waals surface area contributed by atoms with Gasteiger partial charge in [0.2, 0.25) is 15.9 Å². The smallest absolute Gasteiger partial charge is 0.319 e. The van der Waals surface area contributed by atoms with Crippen LogP contribution in [0.5, 0.6) is 0 Å². The lowest BCUT2D eigenvalue weighted by atomic mass is 9.97. The van der Waals surface area contributed by atoms with Crippen LogP contribution in [0.3, 0.4) is 0 Å². The third-order valence-electron chi connectivity index (χ3n) is 5.90. The number of hydrogen-bond acceptors (Lipinski definition) is 5. The highest BCUT2D eigenvalue weighted by molar-refractivity contribution is 7.89. The highest BCUT2D eigenvalue weighted by Gasteiger charge is 2.30.